The Bertz CT molecular complexity index is 868. The SMILES string of the molecule is N#Cc1c(N2CCOCC2)sc(/C(N)=N/N)c1-c1ccc(Cl)cc1Cl. The lowest BCUT2D eigenvalue weighted by atomic mass is 10.0. The predicted octanol–water partition coefficient (Wildman–Crippen LogP) is 3.01. The van der Waals surface area contributed by atoms with Crippen LogP contribution in [0.3, 0.4) is 0 Å². The van der Waals surface area contributed by atoms with Crippen molar-refractivity contribution in [3.05, 3.63) is 38.7 Å². The Morgan fingerprint density at radius 3 is 2.64 bits per heavy atom. The highest BCUT2D eigenvalue weighted by molar-refractivity contribution is 7.19. The fourth-order valence-electron chi connectivity index (χ4n) is 2.70. The van der Waals surface area contributed by atoms with Crippen molar-refractivity contribution in [2.45, 2.75) is 0 Å². The summed E-state index contributed by atoms with van der Waals surface area (Å²) in [6.07, 6.45) is 0. The van der Waals surface area contributed by atoms with Crippen molar-refractivity contribution in [3.8, 4) is 17.2 Å². The fraction of sp³-hybridized carbons (Fsp3) is 0.250. The average Bonchev–Trinajstić information content (AvgIpc) is 3.01. The second-order valence-electron chi connectivity index (χ2n) is 5.34. The summed E-state index contributed by atoms with van der Waals surface area (Å²) in [6.45, 7) is 2.61. The number of amidine groups is 1. The third-order valence-electron chi connectivity index (χ3n) is 3.87. The molecule has 1 aromatic heterocycles. The van der Waals surface area contributed by atoms with Crippen LogP contribution in [0.4, 0.5) is 5.00 Å². The maximum atomic E-state index is 9.82. The summed E-state index contributed by atoms with van der Waals surface area (Å²) in [7, 11) is 0. The van der Waals surface area contributed by atoms with Crippen molar-refractivity contribution >= 4 is 45.4 Å². The number of anilines is 1. The number of hydrazone groups is 1. The summed E-state index contributed by atoms with van der Waals surface area (Å²) >= 11 is 13.7. The zero-order valence-corrected chi connectivity index (χ0v) is 15.5. The molecule has 1 fully saturated rings. The van der Waals surface area contributed by atoms with E-state index in [2.05, 4.69) is 16.1 Å². The van der Waals surface area contributed by atoms with E-state index in [0.29, 0.717) is 57.9 Å². The van der Waals surface area contributed by atoms with Gasteiger partial charge in [-0.2, -0.15) is 10.4 Å². The van der Waals surface area contributed by atoms with E-state index in [1.807, 2.05) is 0 Å². The van der Waals surface area contributed by atoms with Gasteiger partial charge in [0.2, 0.25) is 0 Å². The Morgan fingerprint density at radius 1 is 1.32 bits per heavy atom. The molecule has 0 bridgehead atoms. The zero-order chi connectivity index (χ0) is 18.0. The number of nitrogens with two attached hydrogens (primary N) is 2. The summed E-state index contributed by atoms with van der Waals surface area (Å²) < 4.78 is 5.39. The molecular formula is C16H15Cl2N5OS. The minimum atomic E-state index is 0.155. The zero-order valence-electron chi connectivity index (χ0n) is 13.1. The van der Waals surface area contributed by atoms with E-state index in [0.717, 1.165) is 5.00 Å². The van der Waals surface area contributed by atoms with Crippen molar-refractivity contribution in [2.24, 2.45) is 16.7 Å². The Morgan fingerprint density at radius 2 is 2.04 bits per heavy atom. The number of ether oxygens (including phenoxy) is 1. The van der Waals surface area contributed by atoms with Crippen LogP contribution in [0.15, 0.2) is 23.3 Å². The first kappa shape index (κ1) is 17.8. The molecule has 0 amide bonds. The van der Waals surface area contributed by atoms with Crippen molar-refractivity contribution in [2.75, 3.05) is 31.2 Å². The van der Waals surface area contributed by atoms with Gasteiger partial charge in [0.05, 0.1) is 23.7 Å². The van der Waals surface area contributed by atoms with E-state index >= 15 is 0 Å². The standard InChI is InChI=1S/C16H15Cl2N5OS/c17-9-1-2-10(12(18)7-9)13-11(8-19)16(23-3-5-24-6-4-23)25-14(13)15(20)22-21/h1-2,7H,3-6,21H2,(H2,20,22). The van der Waals surface area contributed by atoms with Crippen molar-refractivity contribution in [1.29, 1.82) is 5.26 Å². The molecule has 0 spiro atoms. The number of rotatable bonds is 3. The molecule has 130 valence electrons. The molecule has 1 aliphatic heterocycles. The summed E-state index contributed by atoms with van der Waals surface area (Å²) in [5.41, 5.74) is 7.78. The second-order valence-corrected chi connectivity index (χ2v) is 7.18. The molecule has 1 aliphatic rings. The molecule has 2 heterocycles. The maximum absolute atomic E-state index is 9.82. The van der Waals surface area contributed by atoms with Crippen LogP contribution in [0.5, 0.6) is 0 Å². The number of benzene rings is 1. The number of nitriles is 1. The number of morpholine rings is 1. The van der Waals surface area contributed by atoms with Gasteiger partial charge in [-0.15, -0.1) is 11.3 Å². The minimum Gasteiger partial charge on any atom is -0.381 e. The van der Waals surface area contributed by atoms with Gasteiger partial charge in [-0.3, -0.25) is 0 Å². The van der Waals surface area contributed by atoms with Crippen LogP contribution >= 0.6 is 34.5 Å². The van der Waals surface area contributed by atoms with Crippen LogP contribution in [0.1, 0.15) is 10.4 Å². The van der Waals surface area contributed by atoms with Gasteiger partial charge in [-0.05, 0) is 12.1 Å². The van der Waals surface area contributed by atoms with E-state index < -0.39 is 0 Å². The minimum absolute atomic E-state index is 0.155. The molecule has 3 rings (SSSR count). The van der Waals surface area contributed by atoms with Crippen LogP contribution in [0, 0.1) is 11.3 Å². The molecule has 2 aromatic rings. The van der Waals surface area contributed by atoms with Gasteiger partial charge in [0.1, 0.15) is 11.1 Å². The monoisotopic (exact) mass is 395 g/mol. The largest absolute Gasteiger partial charge is 0.381 e. The lowest BCUT2D eigenvalue weighted by molar-refractivity contribution is 0.123. The molecule has 0 aliphatic carbocycles. The Hall–Kier alpha value is -1.98. The number of hydrogen-bond acceptors (Lipinski definition) is 6. The first-order chi connectivity index (χ1) is 12.1. The molecule has 1 saturated heterocycles. The number of halogens is 2. The normalized spacial score (nSPS) is 15.2. The smallest absolute Gasteiger partial charge is 0.161 e. The van der Waals surface area contributed by atoms with Gasteiger partial charge in [0.25, 0.3) is 0 Å². The van der Waals surface area contributed by atoms with Crippen LogP contribution in [-0.4, -0.2) is 32.1 Å². The molecular weight excluding hydrogens is 381 g/mol. The van der Waals surface area contributed by atoms with Gasteiger partial charge < -0.3 is 21.2 Å². The van der Waals surface area contributed by atoms with Crippen molar-refractivity contribution < 1.29 is 4.74 Å². The van der Waals surface area contributed by atoms with Crippen molar-refractivity contribution in [1.82, 2.24) is 0 Å². The maximum Gasteiger partial charge on any atom is 0.161 e. The molecule has 0 unspecified atom stereocenters. The molecule has 25 heavy (non-hydrogen) atoms. The third-order valence-corrected chi connectivity index (χ3v) is 5.69. The first-order valence-corrected chi connectivity index (χ1v) is 9.02. The molecule has 0 atom stereocenters. The first-order valence-electron chi connectivity index (χ1n) is 7.45. The lowest BCUT2D eigenvalue weighted by Crippen LogP contribution is -2.36. The third kappa shape index (κ3) is 3.39. The molecule has 4 N–H and O–H groups in total. The van der Waals surface area contributed by atoms with Gasteiger partial charge >= 0.3 is 0 Å². The molecule has 9 heteroatoms. The number of thiophene rings is 1. The number of hydrogen-bond donors (Lipinski definition) is 2. The van der Waals surface area contributed by atoms with E-state index in [1.54, 1.807) is 18.2 Å². The molecule has 0 radical (unpaired) electrons. The number of nitrogens with zero attached hydrogens (tertiary/aromatic N) is 3. The van der Waals surface area contributed by atoms with Gasteiger partial charge in [0.15, 0.2) is 5.84 Å². The predicted molar refractivity (Wildman–Crippen MR) is 102 cm³/mol. The summed E-state index contributed by atoms with van der Waals surface area (Å²) in [5, 5.41) is 15.2. The fourth-order valence-corrected chi connectivity index (χ4v) is 4.43. The molecule has 1 aromatic carbocycles. The van der Waals surface area contributed by atoms with E-state index in [1.165, 1.54) is 11.3 Å². The van der Waals surface area contributed by atoms with Crippen LogP contribution in [0.2, 0.25) is 10.0 Å². The Labute approximate surface area is 159 Å². The Kier molecular flexibility index (Phi) is 5.35. The highest BCUT2D eigenvalue weighted by atomic mass is 35.5. The molecule has 0 saturated carbocycles. The topological polar surface area (TPSA) is 101 Å². The van der Waals surface area contributed by atoms with Crippen LogP contribution in [0.25, 0.3) is 11.1 Å². The lowest BCUT2D eigenvalue weighted by Gasteiger charge is -2.27. The summed E-state index contributed by atoms with van der Waals surface area (Å²) in [5.74, 6) is 5.55. The van der Waals surface area contributed by atoms with Crippen LogP contribution < -0.4 is 16.5 Å². The summed E-state index contributed by atoms with van der Waals surface area (Å²) in [6, 6.07) is 7.40. The van der Waals surface area contributed by atoms with E-state index in [-0.39, 0.29) is 5.84 Å². The van der Waals surface area contributed by atoms with E-state index in [4.69, 9.17) is 39.5 Å². The van der Waals surface area contributed by atoms with Crippen LogP contribution in [-0.2, 0) is 4.74 Å². The second kappa shape index (κ2) is 7.50. The highest BCUT2D eigenvalue weighted by Gasteiger charge is 2.27. The molecule has 6 nitrogen and oxygen atoms in total. The quantitative estimate of drug-likeness (QED) is 0.360. The van der Waals surface area contributed by atoms with Gasteiger partial charge in [0, 0.05) is 34.3 Å². The Balaban J connectivity index is 2.24. The summed E-state index contributed by atoms with van der Waals surface area (Å²) in [4.78, 5) is 2.72. The van der Waals surface area contributed by atoms with E-state index in [9.17, 15) is 5.26 Å². The van der Waals surface area contributed by atoms with Gasteiger partial charge in [-0.1, -0.05) is 29.3 Å². The van der Waals surface area contributed by atoms with Gasteiger partial charge in [-0.25, -0.2) is 0 Å². The highest BCUT2D eigenvalue weighted by Crippen LogP contribution is 2.44. The average molecular weight is 396 g/mol. The van der Waals surface area contributed by atoms with Crippen molar-refractivity contribution in [3.63, 3.8) is 0 Å².